The van der Waals surface area contributed by atoms with Crippen molar-refractivity contribution in [1.82, 2.24) is 19.7 Å². The van der Waals surface area contributed by atoms with E-state index in [0.29, 0.717) is 12.3 Å². The van der Waals surface area contributed by atoms with Crippen molar-refractivity contribution >= 4 is 17.7 Å². The predicted octanol–water partition coefficient (Wildman–Crippen LogP) is 6.90. The minimum absolute atomic E-state index is 0.282. The fourth-order valence-electron chi connectivity index (χ4n) is 5.16. The summed E-state index contributed by atoms with van der Waals surface area (Å²) >= 11 is 1.68. The van der Waals surface area contributed by atoms with Crippen LogP contribution < -0.4 is 0 Å². The fraction of sp³-hybridized carbons (Fsp3) is 0.344. The first-order valence-electron chi connectivity index (χ1n) is 13.6. The van der Waals surface area contributed by atoms with Crippen molar-refractivity contribution < 1.29 is 4.79 Å². The molecule has 38 heavy (non-hydrogen) atoms. The number of thioether (sulfide) groups is 1. The molecule has 0 N–H and O–H groups in total. The van der Waals surface area contributed by atoms with E-state index in [-0.39, 0.29) is 5.91 Å². The summed E-state index contributed by atoms with van der Waals surface area (Å²) in [7, 11) is 0. The largest absolute Gasteiger partial charge is 0.343 e. The van der Waals surface area contributed by atoms with Crippen LogP contribution >= 0.6 is 11.8 Å². The van der Waals surface area contributed by atoms with Crippen LogP contribution in [0.4, 0.5) is 0 Å². The molecule has 0 bridgehead atoms. The second-order valence-electron chi connectivity index (χ2n) is 10.3. The van der Waals surface area contributed by atoms with Crippen LogP contribution in [0.2, 0.25) is 0 Å². The molecule has 2 heterocycles. The maximum Gasteiger partial charge on any atom is 0.222 e. The van der Waals surface area contributed by atoms with E-state index < -0.39 is 0 Å². The van der Waals surface area contributed by atoms with E-state index >= 15 is 0 Å². The molecular formula is C32H36N4OS. The highest BCUT2D eigenvalue weighted by Crippen LogP contribution is 2.30. The van der Waals surface area contributed by atoms with Gasteiger partial charge in [-0.15, -0.1) is 10.2 Å². The molecule has 1 amide bonds. The summed E-state index contributed by atoms with van der Waals surface area (Å²) in [6, 6.07) is 27.5. The lowest BCUT2D eigenvalue weighted by Crippen LogP contribution is -2.38. The van der Waals surface area contributed by atoms with Gasteiger partial charge in [-0.3, -0.25) is 9.36 Å². The zero-order valence-corrected chi connectivity index (χ0v) is 23.2. The fourth-order valence-corrected chi connectivity index (χ4v) is 6.05. The summed E-state index contributed by atoms with van der Waals surface area (Å²) < 4.78 is 2.16. The second kappa shape index (κ2) is 12.4. The number of hydrogen-bond donors (Lipinski definition) is 0. The van der Waals surface area contributed by atoms with Gasteiger partial charge in [0, 0.05) is 30.8 Å². The Hall–Kier alpha value is -3.38. The van der Waals surface area contributed by atoms with Crippen molar-refractivity contribution in [1.29, 1.82) is 0 Å². The maximum absolute atomic E-state index is 12.9. The third kappa shape index (κ3) is 6.36. The molecule has 0 spiro atoms. The molecule has 1 aromatic heterocycles. The van der Waals surface area contributed by atoms with E-state index in [2.05, 4.69) is 112 Å². The number of carbonyl (C=O) groups excluding carboxylic acids is 1. The molecule has 5 rings (SSSR count). The molecule has 3 aromatic carbocycles. The number of aromatic nitrogens is 3. The topological polar surface area (TPSA) is 51.0 Å². The summed E-state index contributed by atoms with van der Waals surface area (Å²) in [6.45, 7) is 5.96. The Morgan fingerprint density at radius 2 is 1.61 bits per heavy atom. The lowest BCUT2D eigenvalue weighted by atomic mass is 9.90. The Morgan fingerprint density at radius 1 is 0.895 bits per heavy atom. The highest BCUT2D eigenvalue weighted by molar-refractivity contribution is 7.99. The first-order valence-corrected chi connectivity index (χ1v) is 14.6. The maximum atomic E-state index is 12.9. The zero-order valence-electron chi connectivity index (χ0n) is 22.3. The van der Waals surface area contributed by atoms with E-state index in [9.17, 15) is 4.79 Å². The van der Waals surface area contributed by atoms with Gasteiger partial charge in [-0.1, -0.05) is 90.1 Å². The van der Waals surface area contributed by atoms with Gasteiger partial charge in [0.2, 0.25) is 5.91 Å². The normalized spacial score (nSPS) is 14.1. The SMILES string of the molecule is Cc1ccc(-c2nnc(SCCCC(=O)N3CCC(Cc4ccccc4)CC3)n2-c2ccccc2C)cc1. The van der Waals surface area contributed by atoms with Crippen LogP contribution in [0, 0.1) is 19.8 Å². The Bertz CT molecular complexity index is 1340. The van der Waals surface area contributed by atoms with Crippen molar-refractivity contribution in [3.63, 3.8) is 0 Å². The first-order chi connectivity index (χ1) is 18.6. The number of para-hydroxylation sites is 1. The zero-order chi connectivity index (χ0) is 26.3. The molecule has 0 unspecified atom stereocenters. The molecule has 1 aliphatic rings. The Labute approximate surface area is 230 Å². The molecule has 196 valence electrons. The molecule has 5 nitrogen and oxygen atoms in total. The Morgan fingerprint density at radius 3 is 2.34 bits per heavy atom. The Kier molecular flexibility index (Phi) is 8.59. The number of benzene rings is 3. The van der Waals surface area contributed by atoms with Crippen LogP contribution in [0.5, 0.6) is 0 Å². The summed E-state index contributed by atoms with van der Waals surface area (Å²) in [4.78, 5) is 15.0. The smallest absolute Gasteiger partial charge is 0.222 e. The predicted molar refractivity (Wildman–Crippen MR) is 156 cm³/mol. The number of carbonyl (C=O) groups is 1. The summed E-state index contributed by atoms with van der Waals surface area (Å²) in [5.74, 6) is 2.63. The van der Waals surface area contributed by atoms with Crippen molar-refractivity contribution in [2.24, 2.45) is 5.92 Å². The lowest BCUT2D eigenvalue weighted by Gasteiger charge is -2.32. The van der Waals surface area contributed by atoms with Gasteiger partial charge in [0.25, 0.3) is 0 Å². The summed E-state index contributed by atoms with van der Waals surface area (Å²) in [6.07, 6.45) is 4.71. The molecule has 6 heteroatoms. The van der Waals surface area contributed by atoms with E-state index in [1.807, 2.05) is 0 Å². The van der Waals surface area contributed by atoms with E-state index in [1.165, 1.54) is 16.7 Å². The standard InChI is InChI=1S/C32H36N4OS/c1-24-14-16-28(17-15-24)31-33-34-32(36(31)29-12-7-6-9-25(29)2)38-22-8-13-30(37)35-20-18-27(19-21-35)23-26-10-4-3-5-11-26/h3-7,9-12,14-17,27H,8,13,18-23H2,1-2H3. The summed E-state index contributed by atoms with van der Waals surface area (Å²) in [5.41, 5.74) is 5.93. The van der Waals surface area contributed by atoms with E-state index in [1.54, 1.807) is 11.8 Å². The molecule has 1 fully saturated rings. The molecule has 0 radical (unpaired) electrons. The highest BCUT2D eigenvalue weighted by Gasteiger charge is 2.23. The minimum Gasteiger partial charge on any atom is -0.343 e. The lowest BCUT2D eigenvalue weighted by molar-refractivity contribution is -0.132. The van der Waals surface area contributed by atoms with E-state index in [4.69, 9.17) is 0 Å². The van der Waals surface area contributed by atoms with Crippen LogP contribution in [0.1, 0.15) is 42.4 Å². The van der Waals surface area contributed by atoms with E-state index in [0.717, 1.165) is 66.8 Å². The Balaban J connectivity index is 1.17. The molecule has 1 saturated heterocycles. The highest BCUT2D eigenvalue weighted by atomic mass is 32.2. The van der Waals surface area contributed by atoms with Gasteiger partial charge in [-0.05, 0) is 62.6 Å². The van der Waals surface area contributed by atoms with Gasteiger partial charge in [0.1, 0.15) is 0 Å². The molecular weight excluding hydrogens is 488 g/mol. The van der Waals surface area contributed by atoms with Crippen molar-refractivity contribution in [3.8, 4) is 17.1 Å². The van der Waals surface area contributed by atoms with Crippen LogP contribution in [0.25, 0.3) is 17.1 Å². The van der Waals surface area contributed by atoms with Gasteiger partial charge in [-0.25, -0.2) is 0 Å². The monoisotopic (exact) mass is 524 g/mol. The number of hydrogen-bond acceptors (Lipinski definition) is 4. The van der Waals surface area contributed by atoms with Gasteiger partial charge in [0.15, 0.2) is 11.0 Å². The molecule has 0 aliphatic carbocycles. The molecule has 4 aromatic rings. The number of nitrogens with zero attached hydrogens (tertiary/aromatic N) is 4. The van der Waals surface area contributed by atoms with Crippen LogP contribution in [-0.4, -0.2) is 44.4 Å². The molecule has 0 atom stereocenters. The number of aryl methyl sites for hydroxylation is 2. The van der Waals surface area contributed by atoms with Crippen LogP contribution in [0.15, 0.2) is 84.0 Å². The molecule has 1 aliphatic heterocycles. The quantitative estimate of drug-likeness (QED) is 0.176. The number of rotatable bonds is 9. The van der Waals surface area contributed by atoms with Crippen LogP contribution in [0.3, 0.4) is 0 Å². The average Bonchev–Trinajstić information content (AvgIpc) is 3.36. The number of amides is 1. The third-order valence-electron chi connectivity index (χ3n) is 7.40. The minimum atomic E-state index is 0.282. The summed E-state index contributed by atoms with van der Waals surface area (Å²) in [5, 5.41) is 10.0. The molecule has 0 saturated carbocycles. The first kappa shape index (κ1) is 26.2. The van der Waals surface area contributed by atoms with Gasteiger partial charge in [-0.2, -0.15) is 0 Å². The van der Waals surface area contributed by atoms with Gasteiger partial charge >= 0.3 is 0 Å². The average molecular weight is 525 g/mol. The van der Waals surface area contributed by atoms with Crippen LogP contribution in [-0.2, 0) is 11.2 Å². The van der Waals surface area contributed by atoms with Gasteiger partial charge in [0.05, 0.1) is 5.69 Å². The van der Waals surface area contributed by atoms with Crippen molar-refractivity contribution in [2.45, 2.75) is 51.1 Å². The van der Waals surface area contributed by atoms with Gasteiger partial charge < -0.3 is 4.90 Å². The van der Waals surface area contributed by atoms with Crippen molar-refractivity contribution in [3.05, 3.63) is 95.6 Å². The number of likely N-dealkylation sites (tertiary alicyclic amines) is 1. The second-order valence-corrected chi connectivity index (χ2v) is 11.3. The number of piperidine rings is 1. The third-order valence-corrected chi connectivity index (χ3v) is 8.42. The van der Waals surface area contributed by atoms with Crippen molar-refractivity contribution in [2.75, 3.05) is 18.8 Å².